The van der Waals surface area contributed by atoms with Gasteiger partial charge in [0.1, 0.15) is 6.33 Å². The van der Waals surface area contributed by atoms with Crippen LogP contribution in [0.3, 0.4) is 0 Å². The Bertz CT molecular complexity index is 637. The molecule has 0 amide bonds. The lowest BCUT2D eigenvalue weighted by atomic mass is 10.2. The number of aromatic nitrogens is 3. The number of carboxylic acids is 1. The van der Waals surface area contributed by atoms with Crippen molar-refractivity contribution in [3.05, 3.63) is 36.2 Å². The molecule has 1 aromatic heterocycles. The van der Waals surface area contributed by atoms with Crippen molar-refractivity contribution in [1.82, 2.24) is 14.8 Å². The highest BCUT2D eigenvalue weighted by atomic mass is 19.4. The van der Waals surface area contributed by atoms with Gasteiger partial charge in [-0.2, -0.15) is 18.2 Å². The summed E-state index contributed by atoms with van der Waals surface area (Å²) in [5.74, 6) is -1.18. The molecule has 0 fully saturated rings. The molecule has 1 aromatic carbocycles. The van der Waals surface area contributed by atoms with E-state index in [-0.39, 0.29) is 6.01 Å². The van der Waals surface area contributed by atoms with Crippen LogP contribution in [-0.4, -0.2) is 31.9 Å². The number of benzene rings is 1. The number of halogens is 3. The first-order valence-corrected chi connectivity index (χ1v) is 5.76. The number of alkyl halides is 3. The van der Waals surface area contributed by atoms with Crippen LogP contribution in [0.15, 0.2) is 30.6 Å². The molecule has 0 radical (unpaired) electrons. The summed E-state index contributed by atoms with van der Waals surface area (Å²) in [6.45, 7) is 1.31. The summed E-state index contributed by atoms with van der Waals surface area (Å²) in [5, 5.41) is 12.5. The second-order valence-electron chi connectivity index (χ2n) is 4.11. The standard InChI is InChI=1S/C12H10F3N3O3/c1-7(10(19)20)21-11-16-6-18(17-11)9-4-2-8(3-5-9)12(13,14)15/h2-7H,1H3,(H,19,20). The van der Waals surface area contributed by atoms with Gasteiger partial charge in [-0.3, -0.25) is 0 Å². The summed E-state index contributed by atoms with van der Waals surface area (Å²) in [7, 11) is 0. The molecule has 112 valence electrons. The second kappa shape index (κ2) is 5.43. The van der Waals surface area contributed by atoms with Crippen molar-refractivity contribution in [2.75, 3.05) is 0 Å². The third kappa shape index (κ3) is 3.50. The van der Waals surface area contributed by atoms with Crippen molar-refractivity contribution >= 4 is 5.97 Å². The molecular formula is C12H10F3N3O3. The second-order valence-corrected chi connectivity index (χ2v) is 4.11. The quantitative estimate of drug-likeness (QED) is 0.936. The van der Waals surface area contributed by atoms with Crippen LogP contribution in [0.25, 0.3) is 5.69 Å². The molecule has 0 saturated carbocycles. The van der Waals surface area contributed by atoms with Crippen LogP contribution in [0.1, 0.15) is 12.5 Å². The maximum absolute atomic E-state index is 12.4. The maximum Gasteiger partial charge on any atom is 0.416 e. The third-order valence-electron chi connectivity index (χ3n) is 2.56. The van der Waals surface area contributed by atoms with Gasteiger partial charge in [0.15, 0.2) is 6.10 Å². The number of aliphatic carboxylic acids is 1. The first-order chi connectivity index (χ1) is 9.77. The van der Waals surface area contributed by atoms with E-state index in [0.29, 0.717) is 5.69 Å². The SMILES string of the molecule is CC(Oc1ncn(-c2ccc(C(F)(F)F)cc2)n1)C(=O)O. The fraction of sp³-hybridized carbons (Fsp3) is 0.250. The van der Waals surface area contributed by atoms with Crippen LogP contribution < -0.4 is 4.74 Å². The molecule has 6 nitrogen and oxygen atoms in total. The minimum atomic E-state index is -4.41. The Kier molecular flexibility index (Phi) is 3.83. The van der Waals surface area contributed by atoms with Gasteiger partial charge < -0.3 is 9.84 Å². The molecule has 0 aliphatic rings. The van der Waals surface area contributed by atoms with Crippen LogP contribution in [0, 0.1) is 0 Å². The summed E-state index contributed by atoms with van der Waals surface area (Å²) < 4.78 is 43.4. The predicted octanol–water partition coefficient (Wildman–Crippen LogP) is 2.14. The Morgan fingerprint density at radius 2 is 1.95 bits per heavy atom. The third-order valence-corrected chi connectivity index (χ3v) is 2.56. The zero-order valence-corrected chi connectivity index (χ0v) is 10.7. The van der Waals surface area contributed by atoms with E-state index in [1.165, 1.54) is 30.1 Å². The number of hydrogen-bond acceptors (Lipinski definition) is 4. The maximum atomic E-state index is 12.4. The summed E-state index contributed by atoms with van der Waals surface area (Å²) in [5.41, 5.74) is -0.435. The summed E-state index contributed by atoms with van der Waals surface area (Å²) >= 11 is 0. The van der Waals surface area contributed by atoms with E-state index in [1.807, 2.05) is 0 Å². The Balaban J connectivity index is 2.16. The molecule has 1 unspecified atom stereocenters. The summed E-state index contributed by atoms with van der Waals surface area (Å²) in [6, 6.07) is 4.10. The molecule has 0 bridgehead atoms. The van der Waals surface area contributed by atoms with Crippen LogP contribution in [-0.2, 0) is 11.0 Å². The number of rotatable bonds is 4. The van der Waals surface area contributed by atoms with Gasteiger partial charge in [-0.05, 0) is 31.2 Å². The highest BCUT2D eigenvalue weighted by Crippen LogP contribution is 2.29. The van der Waals surface area contributed by atoms with E-state index in [0.717, 1.165) is 12.1 Å². The molecular weight excluding hydrogens is 291 g/mol. The van der Waals surface area contributed by atoms with E-state index in [1.54, 1.807) is 0 Å². The van der Waals surface area contributed by atoms with Crippen LogP contribution in [0.5, 0.6) is 6.01 Å². The highest BCUT2D eigenvalue weighted by Gasteiger charge is 2.30. The van der Waals surface area contributed by atoms with E-state index in [9.17, 15) is 18.0 Å². The van der Waals surface area contributed by atoms with Gasteiger partial charge in [0.05, 0.1) is 11.3 Å². The van der Waals surface area contributed by atoms with E-state index < -0.39 is 23.8 Å². The average Bonchev–Trinajstić information content (AvgIpc) is 2.86. The molecule has 1 heterocycles. The van der Waals surface area contributed by atoms with Gasteiger partial charge >= 0.3 is 18.2 Å². The Morgan fingerprint density at radius 1 is 1.33 bits per heavy atom. The zero-order valence-electron chi connectivity index (χ0n) is 10.7. The lowest BCUT2D eigenvalue weighted by Crippen LogP contribution is -2.23. The molecule has 0 aliphatic heterocycles. The van der Waals surface area contributed by atoms with E-state index >= 15 is 0 Å². The first-order valence-electron chi connectivity index (χ1n) is 5.76. The van der Waals surface area contributed by atoms with Gasteiger partial charge in [-0.25, -0.2) is 9.48 Å². The van der Waals surface area contributed by atoms with Crippen molar-refractivity contribution in [3.8, 4) is 11.7 Å². The summed E-state index contributed by atoms with van der Waals surface area (Å²) in [6.07, 6.45) is -4.33. The van der Waals surface area contributed by atoms with Gasteiger partial charge in [-0.15, -0.1) is 5.10 Å². The van der Waals surface area contributed by atoms with Crippen molar-refractivity contribution < 1.29 is 27.8 Å². The van der Waals surface area contributed by atoms with Gasteiger partial charge in [0.2, 0.25) is 0 Å². The number of carboxylic acid groups (broad SMARTS) is 1. The molecule has 0 spiro atoms. The van der Waals surface area contributed by atoms with Crippen LogP contribution in [0.2, 0.25) is 0 Å². The normalized spacial score (nSPS) is 13.0. The Morgan fingerprint density at radius 3 is 2.48 bits per heavy atom. The highest BCUT2D eigenvalue weighted by molar-refractivity contribution is 5.72. The number of ether oxygens (including phenoxy) is 1. The largest absolute Gasteiger partial charge is 0.479 e. The van der Waals surface area contributed by atoms with Gasteiger partial charge in [0.25, 0.3) is 0 Å². The lowest BCUT2D eigenvalue weighted by Gasteiger charge is -2.07. The minimum absolute atomic E-state index is 0.176. The van der Waals surface area contributed by atoms with E-state index in [4.69, 9.17) is 9.84 Å². The Labute approximate surface area is 116 Å². The average molecular weight is 301 g/mol. The van der Waals surface area contributed by atoms with Crippen LogP contribution in [0.4, 0.5) is 13.2 Å². The molecule has 2 aromatic rings. The Hall–Kier alpha value is -2.58. The lowest BCUT2D eigenvalue weighted by molar-refractivity contribution is -0.144. The van der Waals surface area contributed by atoms with Gasteiger partial charge in [-0.1, -0.05) is 0 Å². The number of carbonyl (C=O) groups is 1. The fourth-order valence-corrected chi connectivity index (χ4v) is 1.44. The molecule has 1 N–H and O–H groups in total. The minimum Gasteiger partial charge on any atom is -0.479 e. The van der Waals surface area contributed by atoms with Crippen molar-refractivity contribution in [2.45, 2.75) is 19.2 Å². The molecule has 0 saturated heterocycles. The topological polar surface area (TPSA) is 77.2 Å². The monoisotopic (exact) mass is 301 g/mol. The van der Waals surface area contributed by atoms with Gasteiger partial charge in [0, 0.05) is 0 Å². The van der Waals surface area contributed by atoms with Crippen LogP contribution >= 0.6 is 0 Å². The predicted molar refractivity (Wildman–Crippen MR) is 64.1 cm³/mol. The fourth-order valence-electron chi connectivity index (χ4n) is 1.44. The summed E-state index contributed by atoms with van der Waals surface area (Å²) in [4.78, 5) is 14.3. The number of nitrogens with zero attached hydrogens (tertiary/aromatic N) is 3. The number of hydrogen-bond donors (Lipinski definition) is 1. The van der Waals surface area contributed by atoms with Crippen molar-refractivity contribution in [1.29, 1.82) is 0 Å². The molecule has 0 aliphatic carbocycles. The molecule has 9 heteroatoms. The zero-order chi connectivity index (χ0) is 15.6. The van der Waals surface area contributed by atoms with Crippen molar-refractivity contribution in [2.24, 2.45) is 0 Å². The molecule has 1 atom stereocenters. The van der Waals surface area contributed by atoms with Crippen molar-refractivity contribution in [3.63, 3.8) is 0 Å². The smallest absolute Gasteiger partial charge is 0.416 e. The molecule has 2 rings (SSSR count). The molecule has 21 heavy (non-hydrogen) atoms. The van der Waals surface area contributed by atoms with E-state index in [2.05, 4.69) is 10.1 Å². The first kappa shape index (κ1) is 14.8.